The van der Waals surface area contributed by atoms with E-state index in [0.717, 1.165) is 78.5 Å². The molecule has 3 aromatic carbocycles. The molecule has 235 valence electrons. The molecular formula is C40H42IrNO3-. The number of rotatable bonds is 5. The maximum atomic E-state index is 11.8. The minimum atomic E-state index is -2.31. The fraction of sp³-hybridized carbons (Fsp3) is 0.400. The van der Waals surface area contributed by atoms with Crippen molar-refractivity contribution in [2.24, 2.45) is 11.8 Å². The Hall–Kier alpha value is -3.27. The molecule has 5 aromatic rings. The summed E-state index contributed by atoms with van der Waals surface area (Å²) in [6.45, 7) is -2.31. The van der Waals surface area contributed by atoms with Gasteiger partial charge in [-0.2, -0.15) is 0 Å². The summed E-state index contributed by atoms with van der Waals surface area (Å²) < 4.78 is 39.1. The van der Waals surface area contributed by atoms with Crippen LogP contribution in [0.4, 0.5) is 0 Å². The Balaban J connectivity index is 0.000000220. The molecule has 0 atom stereocenters. The summed E-state index contributed by atoms with van der Waals surface area (Å²) in [6, 6.07) is 20.5. The molecule has 0 aliphatic heterocycles. The van der Waals surface area contributed by atoms with Crippen molar-refractivity contribution in [3.05, 3.63) is 89.8 Å². The Morgan fingerprint density at radius 3 is 2.38 bits per heavy atom. The summed E-state index contributed by atoms with van der Waals surface area (Å²) in [5, 5.41) is 13.3. The summed E-state index contributed by atoms with van der Waals surface area (Å²) in [5.41, 5.74) is 3.64. The van der Waals surface area contributed by atoms with Gasteiger partial charge in [-0.1, -0.05) is 92.7 Å². The van der Waals surface area contributed by atoms with E-state index in [1.165, 1.54) is 31.8 Å². The minimum absolute atomic E-state index is 0. The number of aliphatic hydroxyl groups excluding tert-OH is 1. The van der Waals surface area contributed by atoms with E-state index in [9.17, 15) is 9.90 Å². The van der Waals surface area contributed by atoms with Crippen molar-refractivity contribution in [1.82, 2.24) is 4.98 Å². The number of ketones is 1. The second kappa shape index (κ2) is 14.0. The Morgan fingerprint density at radius 2 is 1.62 bits per heavy atom. The van der Waals surface area contributed by atoms with Gasteiger partial charge in [0, 0.05) is 55.1 Å². The first-order valence-electron chi connectivity index (χ1n) is 18.3. The van der Waals surface area contributed by atoms with Gasteiger partial charge in [0.1, 0.15) is 5.58 Å². The molecule has 0 amide bonds. The number of fused-ring (bicyclic) bond motifs is 4. The van der Waals surface area contributed by atoms with Crippen LogP contribution in [0.1, 0.15) is 99.6 Å². The van der Waals surface area contributed by atoms with E-state index < -0.39 is 12.7 Å². The Morgan fingerprint density at radius 1 is 0.911 bits per heavy atom. The number of benzene rings is 3. The fourth-order valence-corrected chi connectivity index (χ4v) is 7.43. The van der Waals surface area contributed by atoms with Crippen molar-refractivity contribution in [3.63, 3.8) is 0 Å². The molecule has 4 nitrogen and oxygen atoms in total. The minimum Gasteiger partial charge on any atom is -0.512 e. The molecular weight excluding hydrogens is 735 g/mol. The molecule has 2 aromatic heterocycles. The zero-order valence-electron chi connectivity index (χ0n) is 29.5. The first-order valence-corrected chi connectivity index (χ1v) is 16.3. The molecule has 2 heterocycles. The third kappa shape index (κ3) is 6.67. The number of carbonyl (C=O) groups excluding carboxylic acids is 1. The number of aryl methyl sites for hydroxylation is 1. The van der Waals surface area contributed by atoms with Crippen molar-refractivity contribution >= 4 is 38.5 Å². The summed E-state index contributed by atoms with van der Waals surface area (Å²) >= 11 is 0. The molecule has 3 aliphatic rings. The monoisotopic (exact) mass is 781 g/mol. The van der Waals surface area contributed by atoms with E-state index in [4.69, 9.17) is 9.90 Å². The Labute approximate surface area is 285 Å². The average molecular weight is 781 g/mol. The van der Waals surface area contributed by atoms with E-state index in [2.05, 4.69) is 17.1 Å². The number of furan rings is 1. The zero-order chi connectivity index (χ0) is 33.5. The standard InChI is InChI=1S/C27H22NO.C13H20O2.Ir/c1-17-14-23-22-8-4-5-9-25(22)29-27(23)24(15-17)26-21-11-10-19(18-6-2-3-7-18)16-20(21)12-13-28-26;14-12(10-5-1-2-6-10)9-13(15)11-7-3-4-8-11;/h4-5,8-14,16,18H,2-3,6-7H2,1H3;9-11,14H,1-8H2;/q-1;;/b;12-9-;/i1D3,18D;;. The van der Waals surface area contributed by atoms with Gasteiger partial charge in [-0.05, 0) is 78.6 Å². The molecule has 1 radical (unpaired) electrons. The van der Waals surface area contributed by atoms with Crippen LogP contribution in [0, 0.1) is 24.8 Å². The van der Waals surface area contributed by atoms with Gasteiger partial charge in [0.15, 0.2) is 5.78 Å². The van der Waals surface area contributed by atoms with Crippen LogP contribution in [0.15, 0.2) is 77.0 Å². The fourth-order valence-electron chi connectivity index (χ4n) is 7.43. The topological polar surface area (TPSA) is 63.3 Å². The SMILES string of the molecule is O=C(/C=C(\O)C1CCCC1)C1CCCC1.[2H]C([2H])([2H])c1[c-]c(-c2nccc3cc(C4([2H])CCCC4)ccc23)c2oc3ccccc3c2c1.[Ir]. The molecule has 45 heavy (non-hydrogen) atoms. The van der Waals surface area contributed by atoms with Gasteiger partial charge in [0.05, 0.1) is 11.3 Å². The number of carbonyl (C=O) groups is 1. The number of aromatic nitrogens is 1. The first kappa shape index (κ1) is 26.9. The van der Waals surface area contributed by atoms with Crippen LogP contribution >= 0.6 is 0 Å². The van der Waals surface area contributed by atoms with E-state index in [1.54, 1.807) is 12.3 Å². The number of pyridine rings is 1. The van der Waals surface area contributed by atoms with Gasteiger partial charge in [-0.3, -0.25) is 4.79 Å². The predicted octanol–water partition coefficient (Wildman–Crippen LogP) is 10.9. The summed E-state index contributed by atoms with van der Waals surface area (Å²) in [6.07, 6.45) is 16.1. The average Bonchev–Trinajstić information content (AvgIpc) is 3.91. The van der Waals surface area contributed by atoms with E-state index in [1.807, 2.05) is 42.5 Å². The molecule has 0 spiro atoms. The summed E-state index contributed by atoms with van der Waals surface area (Å²) in [7, 11) is 0. The number of para-hydroxylation sites is 1. The molecule has 5 heteroatoms. The van der Waals surface area contributed by atoms with Crippen molar-refractivity contribution in [2.75, 3.05) is 0 Å². The van der Waals surface area contributed by atoms with Crippen LogP contribution in [-0.4, -0.2) is 15.9 Å². The van der Waals surface area contributed by atoms with Gasteiger partial charge in [-0.25, -0.2) is 0 Å². The van der Waals surface area contributed by atoms with Crippen LogP contribution in [0.25, 0.3) is 44.0 Å². The first-order chi connectivity index (χ1) is 23.1. The van der Waals surface area contributed by atoms with E-state index in [-0.39, 0.29) is 43.3 Å². The van der Waals surface area contributed by atoms with Crippen molar-refractivity contribution in [1.29, 1.82) is 0 Å². The molecule has 3 fully saturated rings. The van der Waals surface area contributed by atoms with Gasteiger partial charge in [0.2, 0.25) is 0 Å². The van der Waals surface area contributed by atoms with Gasteiger partial charge in [0.25, 0.3) is 0 Å². The Kier molecular flexibility index (Phi) is 8.38. The molecule has 3 aliphatic carbocycles. The molecule has 1 N–H and O–H groups in total. The van der Waals surface area contributed by atoms with Crippen LogP contribution in [0.5, 0.6) is 0 Å². The van der Waals surface area contributed by atoms with Crippen LogP contribution in [0.2, 0.25) is 0 Å². The largest absolute Gasteiger partial charge is 0.512 e. The van der Waals surface area contributed by atoms with Crippen molar-refractivity contribution in [3.8, 4) is 11.3 Å². The number of hydrogen-bond donors (Lipinski definition) is 1. The maximum absolute atomic E-state index is 11.8. The van der Waals surface area contributed by atoms with Crippen LogP contribution in [-0.2, 0) is 24.9 Å². The smallest absolute Gasteiger partial charge is 0.162 e. The number of allylic oxidation sites excluding steroid dienone is 2. The zero-order valence-corrected chi connectivity index (χ0v) is 27.9. The van der Waals surface area contributed by atoms with Gasteiger partial charge < -0.3 is 14.5 Å². The molecule has 8 rings (SSSR count). The van der Waals surface area contributed by atoms with Crippen LogP contribution in [0.3, 0.4) is 0 Å². The van der Waals surface area contributed by atoms with Crippen molar-refractivity contribution < 1.29 is 39.9 Å². The number of hydrogen-bond acceptors (Lipinski definition) is 4. The van der Waals surface area contributed by atoms with Gasteiger partial charge in [-0.15, -0.1) is 17.7 Å². The summed E-state index contributed by atoms with van der Waals surface area (Å²) in [4.78, 5) is 16.4. The second-order valence-electron chi connectivity index (χ2n) is 12.7. The van der Waals surface area contributed by atoms with Crippen molar-refractivity contribution in [2.45, 2.75) is 89.8 Å². The molecule has 3 saturated carbocycles. The number of nitrogens with zero attached hydrogens (tertiary/aromatic N) is 1. The van der Waals surface area contributed by atoms with E-state index in [0.29, 0.717) is 28.2 Å². The Bertz CT molecular complexity index is 2000. The quantitative estimate of drug-likeness (QED) is 0.110. The third-order valence-electron chi connectivity index (χ3n) is 9.85. The predicted molar refractivity (Wildman–Crippen MR) is 179 cm³/mol. The molecule has 0 bridgehead atoms. The number of aliphatic hydroxyl groups is 1. The molecule has 0 unspecified atom stereocenters. The second-order valence-corrected chi connectivity index (χ2v) is 12.7. The third-order valence-corrected chi connectivity index (χ3v) is 9.85. The summed E-state index contributed by atoms with van der Waals surface area (Å²) in [5.74, 6) is 0.460. The van der Waals surface area contributed by atoms with Gasteiger partial charge >= 0.3 is 0 Å². The molecule has 0 saturated heterocycles. The van der Waals surface area contributed by atoms with Crippen LogP contribution < -0.4 is 0 Å². The normalized spacial score (nSPS) is 20.3. The maximum Gasteiger partial charge on any atom is 0.162 e. The van der Waals surface area contributed by atoms with E-state index >= 15 is 0 Å².